The molecule has 7 rings (SSSR count). The molecule has 0 N–H and O–H groups in total. The highest BCUT2D eigenvalue weighted by Gasteiger charge is 2.35. The van der Waals surface area contributed by atoms with Crippen molar-refractivity contribution in [2.24, 2.45) is 9.98 Å². The van der Waals surface area contributed by atoms with Crippen molar-refractivity contribution in [3.05, 3.63) is 178 Å². The quantitative estimate of drug-likeness (QED) is 0.143. The maximum atomic E-state index is 5.11. The highest BCUT2D eigenvalue weighted by molar-refractivity contribution is 6.12. The molecule has 2 heteroatoms. The summed E-state index contributed by atoms with van der Waals surface area (Å²) in [5, 5.41) is 0. The van der Waals surface area contributed by atoms with Crippen molar-refractivity contribution < 1.29 is 0 Å². The van der Waals surface area contributed by atoms with Gasteiger partial charge < -0.3 is 0 Å². The van der Waals surface area contributed by atoms with E-state index in [1.165, 1.54) is 71.0 Å². The minimum atomic E-state index is 0.0512. The first-order valence-electron chi connectivity index (χ1n) is 18.1. The van der Waals surface area contributed by atoms with Gasteiger partial charge in [-0.3, -0.25) is 9.98 Å². The molecule has 0 radical (unpaired) electrons. The molecule has 1 saturated carbocycles. The fraction of sp³-hybridized carbons (Fsp3) is 0.234. The van der Waals surface area contributed by atoms with Gasteiger partial charge in [-0.1, -0.05) is 173 Å². The normalized spacial score (nSPS) is 15.5. The van der Waals surface area contributed by atoms with Gasteiger partial charge in [0.25, 0.3) is 0 Å². The molecule has 5 aromatic rings. The predicted molar refractivity (Wildman–Crippen MR) is 212 cm³/mol. The number of hydrogen-bond donors (Lipinski definition) is 0. The van der Waals surface area contributed by atoms with E-state index in [2.05, 4.69) is 133 Å². The van der Waals surface area contributed by atoms with E-state index in [1.54, 1.807) is 0 Å². The van der Waals surface area contributed by atoms with Gasteiger partial charge in [0.1, 0.15) is 0 Å². The molecule has 2 nitrogen and oxygen atoms in total. The lowest BCUT2D eigenvalue weighted by molar-refractivity contribution is 0.346. The predicted octanol–water partition coefficient (Wildman–Crippen LogP) is 12.3. The average molecular weight is 641 g/mol. The van der Waals surface area contributed by atoms with Gasteiger partial charge in [0.2, 0.25) is 0 Å². The second kappa shape index (κ2) is 16.3. The van der Waals surface area contributed by atoms with Gasteiger partial charge in [0.15, 0.2) is 0 Å². The molecule has 0 saturated heterocycles. The minimum Gasteiger partial charge on any atom is -0.280 e. The van der Waals surface area contributed by atoms with Crippen LogP contribution in [0.3, 0.4) is 0 Å². The molecule has 2 aliphatic rings. The molecule has 0 spiro atoms. The number of allylic oxidation sites excluding steroid dienone is 2. The molecular formula is C47H48N2. The standard InChI is InChI=1S/C45H42N2.C2H6/c1-46-43(37-15-5-2-6-16-37)32-44(38-17-7-3-8-18-38)47-33-34-22-26-39(27-23-34)45(30-11-4-12-31-45)40-28-24-36(25-29-40)42-21-13-19-35-14-9-10-20-41(35)42;1-2/h2-3,5-9,13-19,21-29,32H,1,4,10-12,20,30-31,33H2;1-2H3/b43-32-,47-44?;. The lowest BCUT2D eigenvalue weighted by atomic mass is 9.65. The van der Waals surface area contributed by atoms with Crippen LogP contribution in [0.1, 0.15) is 91.3 Å². The number of hydrogen-bond acceptors (Lipinski definition) is 2. The molecule has 1 fully saturated rings. The smallest absolute Gasteiger partial charge is 0.0716 e. The number of nitrogens with zero attached hydrogens (tertiary/aromatic N) is 2. The summed E-state index contributed by atoms with van der Waals surface area (Å²) in [4.78, 5) is 9.46. The molecule has 0 unspecified atom stereocenters. The van der Waals surface area contributed by atoms with Gasteiger partial charge in [-0.15, -0.1) is 0 Å². The van der Waals surface area contributed by atoms with E-state index in [4.69, 9.17) is 4.99 Å². The molecule has 2 aliphatic carbocycles. The van der Waals surface area contributed by atoms with Crippen LogP contribution in [0.4, 0.5) is 0 Å². The molecule has 0 heterocycles. The van der Waals surface area contributed by atoms with Crippen molar-refractivity contribution in [2.45, 2.75) is 70.8 Å². The Balaban J connectivity index is 0.00000205. The SMILES string of the molecule is C=N/C(=C\C(=NCc1ccc(C2(c3ccc(-c4cccc5c4CCC=C5)cc3)CCCCC2)cc1)c1ccccc1)c1ccccc1.CC. The van der Waals surface area contributed by atoms with Crippen LogP contribution in [-0.4, -0.2) is 12.4 Å². The molecule has 49 heavy (non-hydrogen) atoms. The fourth-order valence-corrected chi connectivity index (χ4v) is 7.51. The van der Waals surface area contributed by atoms with Crippen LogP contribution in [0.5, 0.6) is 0 Å². The Morgan fingerprint density at radius 1 is 0.694 bits per heavy atom. The molecule has 0 atom stereocenters. The Labute approximate surface area is 293 Å². The van der Waals surface area contributed by atoms with Crippen molar-refractivity contribution in [1.29, 1.82) is 0 Å². The van der Waals surface area contributed by atoms with Gasteiger partial charge in [-0.25, -0.2) is 0 Å². The van der Waals surface area contributed by atoms with Crippen LogP contribution in [0.15, 0.2) is 150 Å². The van der Waals surface area contributed by atoms with E-state index in [-0.39, 0.29) is 5.41 Å². The molecular weight excluding hydrogens is 593 g/mol. The summed E-state index contributed by atoms with van der Waals surface area (Å²) < 4.78 is 0. The number of benzene rings is 5. The molecule has 5 aromatic carbocycles. The molecule has 0 aliphatic heterocycles. The lowest BCUT2D eigenvalue weighted by Crippen LogP contribution is -2.30. The van der Waals surface area contributed by atoms with Crippen LogP contribution >= 0.6 is 0 Å². The third kappa shape index (κ3) is 7.65. The topological polar surface area (TPSA) is 24.7 Å². The van der Waals surface area contributed by atoms with Gasteiger partial charge in [0, 0.05) is 11.0 Å². The van der Waals surface area contributed by atoms with E-state index < -0.39 is 0 Å². The van der Waals surface area contributed by atoms with Crippen molar-refractivity contribution in [3.63, 3.8) is 0 Å². The zero-order valence-electron chi connectivity index (χ0n) is 29.1. The Morgan fingerprint density at radius 2 is 1.33 bits per heavy atom. The van der Waals surface area contributed by atoms with Crippen LogP contribution in [0.25, 0.3) is 22.9 Å². The highest BCUT2D eigenvalue weighted by Crippen LogP contribution is 2.45. The fourth-order valence-electron chi connectivity index (χ4n) is 7.51. The summed E-state index contributed by atoms with van der Waals surface area (Å²) in [5.74, 6) is 0. The highest BCUT2D eigenvalue weighted by atomic mass is 14.8. The van der Waals surface area contributed by atoms with Gasteiger partial charge >= 0.3 is 0 Å². The van der Waals surface area contributed by atoms with E-state index in [9.17, 15) is 0 Å². The van der Waals surface area contributed by atoms with Crippen LogP contribution in [0, 0.1) is 0 Å². The van der Waals surface area contributed by atoms with Gasteiger partial charge in [-0.05, 0) is 83.0 Å². The van der Waals surface area contributed by atoms with Crippen molar-refractivity contribution in [1.82, 2.24) is 0 Å². The summed E-state index contributed by atoms with van der Waals surface area (Å²) in [6.45, 7) is 8.45. The molecule has 0 amide bonds. The summed E-state index contributed by atoms with van der Waals surface area (Å²) in [5.41, 5.74) is 13.5. The number of fused-ring (bicyclic) bond motifs is 1. The molecule has 246 valence electrons. The van der Waals surface area contributed by atoms with E-state index >= 15 is 0 Å². The maximum Gasteiger partial charge on any atom is 0.0716 e. The molecule has 0 aromatic heterocycles. The second-order valence-electron chi connectivity index (χ2n) is 12.9. The second-order valence-corrected chi connectivity index (χ2v) is 12.9. The van der Waals surface area contributed by atoms with E-state index in [0.717, 1.165) is 35.4 Å². The maximum absolute atomic E-state index is 5.11. The van der Waals surface area contributed by atoms with Crippen molar-refractivity contribution in [2.75, 3.05) is 0 Å². The van der Waals surface area contributed by atoms with Crippen LogP contribution < -0.4 is 0 Å². The van der Waals surface area contributed by atoms with E-state index in [1.807, 2.05) is 38.1 Å². The first kappa shape index (κ1) is 33.8. The Hall–Kier alpha value is -5.08. The van der Waals surface area contributed by atoms with Gasteiger partial charge in [-0.2, -0.15) is 0 Å². The zero-order valence-corrected chi connectivity index (χ0v) is 29.1. The van der Waals surface area contributed by atoms with Crippen molar-refractivity contribution >= 4 is 24.2 Å². The Bertz CT molecular complexity index is 1900. The van der Waals surface area contributed by atoms with Crippen molar-refractivity contribution in [3.8, 4) is 11.1 Å². The first-order chi connectivity index (χ1) is 24.2. The monoisotopic (exact) mass is 640 g/mol. The lowest BCUT2D eigenvalue weighted by Gasteiger charge is -2.39. The summed E-state index contributed by atoms with van der Waals surface area (Å²) in [7, 11) is 0. The zero-order chi connectivity index (χ0) is 33.9. The van der Waals surface area contributed by atoms with Crippen LogP contribution in [0.2, 0.25) is 0 Å². The minimum absolute atomic E-state index is 0.0512. The third-order valence-corrected chi connectivity index (χ3v) is 10.0. The Kier molecular flexibility index (Phi) is 11.3. The van der Waals surface area contributed by atoms with E-state index in [0.29, 0.717) is 6.54 Å². The summed E-state index contributed by atoms with van der Waals surface area (Å²) in [6.07, 6.45) is 15.1. The van der Waals surface area contributed by atoms with Crippen LogP contribution in [-0.2, 0) is 18.4 Å². The first-order valence-corrected chi connectivity index (χ1v) is 18.1. The number of aliphatic imine (C=N–C) groups is 2. The van der Waals surface area contributed by atoms with Gasteiger partial charge in [0.05, 0.1) is 18.0 Å². The molecule has 0 bridgehead atoms. The average Bonchev–Trinajstić information content (AvgIpc) is 3.20. The largest absolute Gasteiger partial charge is 0.280 e. The summed E-state index contributed by atoms with van der Waals surface area (Å²) in [6, 6.07) is 46.1. The Morgan fingerprint density at radius 3 is 1.98 bits per heavy atom. The number of rotatable bonds is 9. The summed E-state index contributed by atoms with van der Waals surface area (Å²) >= 11 is 0. The third-order valence-electron chi connectivity index (χ3n) is 10.0.